The Bertz CT molecular complexity index is 487. The predicted molar refractivity (Wildman–Crippen MR) is 79.9 cm³/mol. The molecule has 108 valence electrons. The molecule has 0 aromatic carbocycles. The lowest BCUT2D eigenvalue weighted by Gasteiger charge is -2.09. The number of hydrogen-bond donors (Lipinski definition) is 4. The summed E-state index contributed by atoms with van der Waals surface area (Å²) in [4.78, 5) is 22.5. The highest BCUT2D eigenvalue weighted by atomic mass is 16.2. The molecule has 0 saturated carbocycles. The molecule has 0 bridgehead atoms. The van der Waals surface area contributed by atoms with Gasteiger partial charge in [0, 0.05) is 19.2 Å². The molecule has 2 amide bonds. The van der Waals surface area contributed by atoms with Gasteiger partial charge in [-0.15, -0.1) is 0 Å². The van der Waals surface area contributed by atoms with Crippen LogP contribution in [0.15, 0.2) is 47.7 Å². The summed E-state index contributed by atoms with van der Waals surface area (Å²) in [6.07, 6.45) is 7.53. The lowest BCUT2D eigenvalue weighted by Crippen LogP contribution is -2.31. The van der Waals surface area contributed by atoms with Crippen molar-refractivity contribution in [1.29, 1.82) is 5.41 Å². The Labute approximate surface area is 118 Å². The van der Waals surface area contributed by atoms with Crippen molar-refractivity contribution in [3.05, 3.63) is 47.7 Å². The summed E-state index contributed by atoms with van der Waals surface area (Å²) in [5, 5.41) is 9.78. The van der Waals surface area contributed by atoms with Crippen LogP contribution in [0.4, 0.5) is 0 Å². The zero-order chi connectivity index (χ0) is 15.5. The number of hydrogen-bond acceptors (Lipinski definition) is 4. The van der Waals surface area contributed by atoms with Gasteiger partial charge in [-0.2, -0.15) is 0 Å². The van der Waals surface area contributed by atoms with Gasteiger partial charge in [0.2, 0.25) is 5.91 Å². The number of allylic oxidation sites excluding steroid dienone is 4. The van der Waals surface area contributed by atoms with Crippen LogP contribution in [-0.4, -0.2) is 24.6 Å². The topological polar surface area (TPSA) is 122 Å². The Hall–Kier alpha value is -2.63. The van der Waals surface area contributed by atoms with Crippen LogP contribution in [0.5, 0.6) is 0 Å². The first-order valence-electron chi connectivity index (χ1n) is 6.00. The number of rotatable bonds is 8. The first-order valence-corrected chi connectivity index (χ1v) is 6.00. The zero-order valence-corrected chi connectivity index (χ0v) is 11.5. The standard InChI is InChI=1S/C14H20N4O2/c1-3-5-10(6-4-2)13(17)11(9-15)14(20)18-8-7-12(16)19/h3-6,9,15H,1,7-8,17H2,2H3,(H2,16,19)(H,18,20)/b6-4-,10-5+,13-11+,15-9?. The van der Waals surface area contributed by atoms with Gasteiger partial charge in [-0.05, 0) is 12.5 Å². The Balaban J connectivity index is 5.19. The van der Waals surface area contributed by atoms with E-state index in [-0.39, 0.29) is 24.2 Å². The lowest BCUT2D eigenvalue weighted by atomic mass is 10.1. The van der Waals surface area contributed by atoms with E-state index in [1.165, 1.54) is 6.08 Å². The van der Waals surface area contributed by atoms with Crippen LogP contribution in [0, 0.1) is 5.41 Å². The molecule has 6 N–H and O–H groups in total. The summed E-state index contributed by atoms with van der Waals surface area (Å²) in [5.41, 5.74) is 11.6. The SMILES string of the molecule is C=C/C=C(\C=C/C)C(/N)=C(/C=N)C(=O)NCCC(N)=O. The number of primary amides is 1. The number of carbonyl (C=O) groups is 2. The molecule has 0 atom stereocenters. The zero-order valence-electron chi connectivity index (χ0n) is 11.5. The van der Waals surface area contributed by atoms with E-state index in [0.717, 1.165) is 6.21 Å². The summed E-state index contributed by atoms with van der Waals surface area (Å²) < 4.78 is 0. The van der Waals surface area contributed by atoms with Crippen molar-refractivity contribution in [2.75, 3.05) is 6.54 Å². The van der Waals surface area contributed by atoms with Crippen molar-refractivity contribution < 1.29 is 9.59 Å². The van der Waals surface area contributed by atoms with Gasteiger partial charge in [0.25, 0.3) is 5.91 Å². The van der Waals surface area contributed by atoms with Gasteiger partial charge < -0.3 is 22.2 Å². The van der Waals surface area contributed by atoms with Crippen molar-refractivity contribution >= 4 is 18.0 Å². The molecular weight excluding hydrogens is 256 g/mol. The van der Waals surface area contributed by atoms with Crippen molar-refractivity contribution in [3.8, 4) is 0 Å². The first kappa shape index (κ1) is 17.4. The van der Waals surface area contributed by atoms with Crippen LogP contribution in [0.1, 0.15) is 13.3 Å². The summed E-state index contributed by atoms with van der Waals surface area (Å²) in [6, 6.07) is 0. The monoisotopic (exact) mass is 276 g/mol. The molecule has 0 radical (unpaired) electrons. The van der Waals surface area contributed by atoms with Crippen molar-refractivity contribution in [2.45, 2.75) is 13.3 Å². The van der Waals surface area contributed by atoms with E-state index in [9.17, 15) is 9.59 Å². The summed E-state index contributed by atoms with van der Waals surface area (Å²) >= 11 is 0. The molecule has 0 aliphatic rings. The lowest BCUT2D eigenvalue weighted by molar-refractivity contribution is -0.118. The highest BCUT2D eigenvalue weighted by Gasteiger charge is 2.12. The average Bonchev–Trinajstić information content (AvgIpc) is 2.38. The quantitative estimate of drug-likeness (QED) is 0.294. The molecule has 0 unspecified atom stereocenters. The van der Waals surface area contributed by atoms with Crippen LogP contribution in [0.3, 0.4) is 0 Å². The van der Waals surface area contributed by atoms with Crippen molar-refractivity contribution in [1.82, 2.24) is 5.32 Å². The number of nitrogens with two attached hydrogens (primary N) is 2. The molecule has 0 rings (SSSR count). The maximum Gasteiger partial charge on any atom is 0.254 e. The van der Waals surface area contributed by atoms with Gasteiger partial charge in [-0.25, -0.2) is 0 Å². The van der Waals surface area contributed by atoms with E-state index < -0.39 is 11.8 Å². The van der Waals surface area contributed by atoms with E-state index >= 15 is 0 Å². The smallest absolute Gasteiger partial charge is 0.254 e. The Morgan fingerprint density at radius 2 is 2.00 bits per heavy atom. The first-order chi connectivity index (χ1) is 9.47. The predicted octanol–water partition coefficient (Wildman–Crippen LogP) is 0.529. The van der Waals surface area contributed by atoms with Crippen LogP contribution in [0.25, 0.3) is 0 Å². The highest BCUT2D eigenvalue weighted by molar-refractivity contribution is 6.12. The minimum atomic E-state index is -0.529. The van der Waals surface area contributed by atoms with Crippen molar-refractivity contribution in [2.24, 2.45) is 11.5 Å². The molecule has 0 heterocycles. The second kappa shape index (κ2) is 9.32. The van der Waals surface area contributed by atoms with Crippen molar-refractivity contribution in [3.63, 3.8) is 0 Å². The van der Waals surface area contributed by atoms with Gasteiger partial charge in [-0.3, -0.25) is 9.59 Å². The Morgan fingerprint density at radius 3 is 2.45 bits per heavy atom. The van der Waals surface area contributed by atoms with Gasteiger partial charge in [-0.1, -0.05) is 30.9 Å². The second-order valence-electron chi connectivity index (χ2n) is 3.80. The summed E-state index contributed by atoms with van der Waals surface area (Å²) in [7, 11) is 0. The maximum absolute atomic E-state index is 11.9. The van der Waals surface area contributed by atoms with Gasteiger partial charge in [0.1, 0.15) is 0 Å². The molecular formula is C14H20N4O2. The minimum Gasteiger partial charge on any atom is -0.398 e. The van der Waals surface area contributed by atoms with Crippen LogP contribution >= 0.6 is 0 Å². The van der Waals surface area contributed by atoms with E-state index in [2.05, 4.69) is 11.9 Å². The third kappa shape index (κ3) is 5.81. The maximum atomic E-state index is 11.9. The third-order valence-electron chi connectivity index (χ3n) is 2.29. The van der Waals surface area contributed by atoms with E-state index in [4.69, 9.17) is 16.9 Å². The Morgan fingerprint density at radius 1 is 1.35 bits per heavy atom. The molecule has 0 fully saturated rings. The largest absolute Gasteiger partial charge is 0.398 e. The number of nitrogens with one attached hydrogen (secondary N) is 2. The van der Waals surface area contributed by atoms with Gasteiger partial charge >= 0.3 is 0 Å². The highest BCUT2D eigenvalue weighted by Crippen LogP contribution is 2.11. The van der Waals surface area contributed by atoms with E-state index in [1.807, 2.05) is 0 Å². The molecule has 20 heavy (non-hydrogen) atoms. The Kier molecular flexibility index (Phi) is 8.09. The normalized spacial score (nSPS) is 12.8. The average molecular weight is 276 g/mol. The van der Waals surface area contributed by atoms with Gasteiger partial charge in [0.15, 0.2) is 0 Å². The molecule has 0 aromatic heterocycles. The van der Waals surface area contributed by atoms with E-state index in [0.29, 0.717) is 5.57 Å². The third-order valence-corrected chi connectivity index (χ3v) is 2.29. The van der Waals surface area contributed by atoms with Gasteiger partial charge in [0.05, 0.1) is 11.3 Å². The molecule has 0 spiro atoms. The molecule has 0 aromatic rings. The molecule has 0 aliphatic carbocycles. The number of carbonyl (C=O) groups excluding carboxylic acids is 2. The minimum absolute atomic E-state index is 0.0145. The second-order valence-corrected chi connectivity index (χ2v) is 3.80. The fourth-order valence-electron chi connectivity index (χ4n) is 1.36. The number of amides is 2. The summed E-state index contributed by atoms with van der Waals surface area (Å²) in [6.45, 7) is 5.47. The van der Waals surface area contributed by atoms with Crippen LogP contribution in [0.2, 0.25) is 0 Å². The van der Waals surface area contributed by atoms with Crippen LogP contribution in [-0.2, 0) is 9.59 Å². The molecule has 6 heteroatoms. The molecule has 0 saturated heterocycles. The van der Waals surface area contributed by atoms with E-state index in [1.54, 1.807) is 25.2 Å². The fraction of sp³-hybridized carbons (Fsp3) is 0.214. The fourth-order valence-corrected chi connectivity index (χ4v) is 1.36. The summed E-state index contributed by atoms with van der Waals surface area (Å²) in [5.74, 6) is -1.04. The van der Waals surface area contributed by atoms with Crippen LogP contribution < -0.4 is 16.8 Å². The molecule has 0 aliphatic heterocycles. The molecule has 6 nitrogen and oxygen atoms in total.